The van der Waals surface area contributed by atoms with E-state index in [0.29, 0.717) is 24.3 Å². The van der Waals surface area contributed by atoms with Crippen molar-refractivity contribution in [1.82, 2.24) is 4.90 Å². The number of ether oxygens (including phenoxy) is 2. The maximum Gasteiger partial charge on any atom is 0.338 e. The first-order valence-electron chi connectivity index (χ1n) is 12.1. The number of nitrogens with zero attached hydrogens (tertiary/aromatic N) is 1. The molecule has 3 amide bonds. The van der Waals surface area contributed by atoms with Gasteiger partial charge in [-0.3, -0.25) is 19.3 Å². The molecule has 0 radical (unpaired) electrons. The van der Waals surface area contributed by atoms with Crippen molar-refractivity contribution < 1.29 is 33.4 Å². The topological polar surface area (TPSA) is 119 Å². The van der Waals surface area contributed by atoms with Crippen molar-refractivity contribution in [3.8, 4) is 0 Å². The number of fused-ring (bicyclic) bond motifs is 1. The van der Waals surface area contributed by atoms with Gasteiger partial charge in [0.15, 0.2) is 6.61 Å². The molecular weight excluding hydrogens is 464 g/mol. The number of carbonyl (C=O) groups is 5. The first kappa shape index (κ1) is 26.6. The maximum atomic E-state index is 12.9. The second-order valence-corrected chi connectivity index (χ2v) is 8.41. The van der Waals surface area contributed by atoms with E-state index in [1.54, 1.807) is 36.4 Å². The highest BCUT2D eigenvalue weighted by Crippen LogP contribution is 2.27. The molecule has 0 saturated carbocycles. The van der Waals surface area contributed by atoms with Crippen LogP contribution in [0.4, 0.5) is 5.69 Å². The fourth-order valence-electron chi connectivity index (χ4n) is 3.75. The molecular formula is C27H30N2O7. The van der Waals surface area contributed by atoms with E-state index < -0.39 is 42.3 Å². The van der Waals surface area contributed by atoms with Gasteiger partial charge >= 0.3 is 11.9 Å². The van der Waals surface area contributed by atoms with Crippen LogP contribution >= 0.6 is 0 Å². The smallest absolute Gasteiger partial charge is 0.338 e. The maximum absolute atomic E-state index is 12.9. The first-order valence-corrected chi connectivity index (χ1v) is 12.1. The summed E-state index contributed by atoms with van der Waals surface area (Å²) < 4.78 is 10.3. The number of hydrogen-bond acceptors (Lipinski definition) is 7. The van der Waals surface area contributed by atoms with Crippen molar-refractivity contribution in [2.24, 2.45) is 0 Å². The average Bonchev–Trinajstić information content (AvgIpc) is 3.13. The summed E-state index contributed by atoms with van der Waals surface area (Å²) in [6.07, 6.45) is 3.27. The van der Waals surface area contributed by atoms with E-state index in [0.717, 1.165) is 24.2 Å². The lowest BCUT2D eigenvalue weighted by Gasteiger charge is -2.24. The van der Waals surface area contributed by atoms with Crippen LogP contribution in [0.15, 0.2) is 48.5 Å². The molecule has 9 nitrogen and oxygen atoms in total. The zero-order chi connectivity index (χ0) is 26.1. The van der Waals surface area contributed by atoms with Gasteiger partial charge in [0.2, 0.25) is 0 Å². The SMILES string of the molecule is CCCCOC(=O)c1ccc(NC(=O)COC(=O)[C@@H](CCCC)N2C(=O)c3ccccc3C2=O)cc1. The van der Waals surface area contributed by atoms with Gasteiger partial charge in [-0.15, -0.1) is 0 Å². The van der Waals surface area contributed by atoms with Crippen molar-refractivity contribution >= 4 is 35.3 Å². The van der Waals surface area contributed by atoms with E-state index in [9.17, 15) is 24.0 Å². The highest BCUT2D eigenvalue weighted by molar-refractivity contribution is 6.22. The van der Waals surface area contributed by atoms with E-state index in [2.05, 4.69) is 5.32 Å². The van der Waals surface area contributed by atoms with Crippen LogP contribution < -0.4 is 5.32 Å². The average molecular weight is 495 g/mol. The Morgan fingerprint density at radius 3 is 2.06 bits per heavy atom. The fourth-order valence-corrected chi connectivity index (χ4v) is 3.75. The molecule has 0 fully saturated rings. The van der Waals surface area contributed by atoms with Gasteiger partial charge in [-0.2, -0.15) is 0 Å². The summed E-state index contributed by atoms with van der Waals surface area (Å²) in [6.45, 7) is 3.68. The number of nitrogens with one attached hydrogen (secondary N) is 1. The summed E-state index contributed by atoms with van der Waals surface area (Å²) >= 11 is 0. The molecule has 1 atom stereocenters. The number of amides is 3. The monoisotopic (exact) mass is 494 g/mol. The second-order valence-electron chi connectivity index (χ2n) is 8.41. The highest BCUT2D eigenvalue weighted by Gasteiger charge is 2.43. The van der Waals surface area contributed by atoms with Crippen LogP contribution in [0.1, 0.15) is 77.0 Å². The van der Waals surface area contributed by atoms with Crippen molar-refractivity contribution in [2.75, 3.05) is 18.5 Å². The van der Waals surface area contributed by atoms with Gasteiger partial charge in [-0.05, 0) is 49.2 Å². The van der Waals surface area contributed by atoms with Gasteiger partial charge in [0.1, 0.15) is 6.04 Å². The molecule has 0 saturated heterocycles. The zero-order valence-electron chi connectivity index (χ0n) is 20.5. The Hall–Kier alpha value is -4.01. The molecule has 0 bridgehead atoms. The molecule has 1 heterocycles. The zero-order valence-corrected chi connectivity index (χ0v) is 20.5. The second kappa shape index (κ2) is 12.6. The summed E-state index contributed by atoms with van der Waals surface area (Å²) in [5.41, 5.74) is 1.25. The van der Waals surface area contributed by atoms with Crippen molar-refractivity contribution in [3.05, 3.63) is 65.2 Å². The highest BCUT2D eigenvalue weighted by atomic mass is 16.5. The Balaban J connectivity index is 1.58. The molecule has 1 aliphatic rings. The molecule has 1 N–H and O–H groups in total. The third-order valence-electron chi connectivity index (χ3n) is 5.72. The van der Waals surface area contributed by atoms with Gasteiger partial charge in [-0.25, -0.2) is 9.59 Å². The summed E-state index contributed by atoms with van der Waals surface area (Å²) in [6, 6.07) is 11.4. The lowest BCUT2D eigenvalue weighted by molar-refractivity contribution is -0.151. The molecule has 2 aromatic carbocycles. The molecule has 0 unspecified atom stereocenters. The molecule has 1 aliphatic heterocycles. The minimum atomic E-state index is -1.12. The standard InChI is InChI=1S/C27H30N2O7/c1-3-5-11-22(29-24(31)20-9-7-8-10-21(20)25(29)32)27(34)36-17-23(30)28-19-14-12-18(13-15-19)26(33)35-16-6-4-2/h7-10,12-15,22H,3-6,11,16-17H2,1-2H3,(H,28,30)/t22-/m1/s1. The molecule has 2 aromatic rings. The lowest BCUT2D eigenvalue weighted by atomic mass is 10.1. The minimum Gasteiger partial charge on any atom is -0.462 e. The Bertz CT molecular complexity index is 1090. The predicted molar refractivity (Wildman–Crippen MR) is 131 cm³/mol. The Kier molecular flexibility index (Phi) is 9.32. The van der Waals surface area contributed by atoms with Crippen LogP contribution in [0.3, 0.4) is 0 Å². The number of rotatable bonds is 12. The van der Waals surface area contributed by atoms with E-state index >= 15 is 0 Å². The van der Waals surface area contributed by atoms with Crippen LogP contribution in [0.25, 0.3) is 0 Å². The van der Waals surface area contributed by atoms with E-state index in [-0.39, 0.29) is 17.5 Å². The molecule has 0 aliphatic carbocycles. The molecule has 0 spiro atoms. The predicted octanol–water partition coefficient (Wildman–Crippen LogP) is 3.98. The first-order chi connectivity index (χ1) is 17.4. The van der Waals surface area contributed by atoms with Gasteiger partial charge in [0.05, 0.1) is 23.3 Å². The van der Waals surface area contributed by atoms with Crippen LogP contribution in [-0.4, -0.2) is 53.8 Å². The largest absolute Gasteiger partial charge is 0.462 e. The molecule has 190 valence electrons. The fraction of sp³-hybridized carbons (Fsp3) is 0.370. The number of esters is 2. The normalized spacial score (nSPS) is 13.2. The Morgan fingerprint density at radius 2 is 1.47 bits per heavy atom. The van der Waals surface area contributed by atoms with Gasteiger partial charge in [0.25, 0.3) is 17.7 Å². The quantitative estimate of drug-likeness (QED) is 0.269. The van der Waals surface area contributed by atoms with E-state index in [1.165, 1.54) is 12.1 Å². The molecule has 3 rings (SSSR count). The molecule has 9 heteroatoms. The van der Waals surface area contributed by atoms with Crippen LogP contribution in [0, 0.1) is 0 Å². The summed E-state index contributed by atoms with van der Waals surface area (Å²) in [4.78, 5) is 63.8. The van der Waals surface area contributed by atoms with Crippen molar-refractivity contribution in [3.63, 3.8) is 0 Å². The third-order valence-corrected chi connectivity index (χ3v) is 5.72. The number of carbonyl (C=O) groups excluding carboxylic acids is 5. The van der Waals surface area contributed by atoms with E-state index in [4.69, 9.17) is 9.47 Å². The molecule has 36 heavy (non-hydrogen) atoms. The van der Waals surface area contributed by atoms with Gasteiger partial charge < -0.3 is 14.8 Å². The Morgan fingerprint density at radius 1 is 0.861 bits per heavy atom. The third kappa shape index (κ3) is 6.35. The summed E-state index contributed by atoms with van der Waals surface area (Å²) in [7, 11) is 0. The summed E-state index contributed by atoms with van der Waals surface area (Å²) in [5, 5.41) is 2.58. The minimum absolute atomic E-state index is 0.234. The number of anilines is 1. The van der Waals surface area contributed by atoms with E-state index in [1.807, 2.05) is 13.8 Å². The number of unbranched alkanes of at least 4 members (excludes halogenated alkanes) is 2. The van der Waals surface area contributed by atoms with Crippen LogP contribution in [-0.2, 0) is 19.1 Å². The van der Waals surface area contributed by atoms with Crippen molar-refractivity contribution in [2.45, 2.75) is 52.0 Å². The van der Waals surface area contributed by atoms with Crippen molar-refractivity contribution in [1.29, 1.82) is 0 Å². The Labute approximate surface area is 209 Å². The number of imide groups is 1. The number of benzene rings is 2. The van der Waals surface area contributed by atoms with Crippen LogP contribution in [0.2, 0.25) is 0 Å². The van der Waals surface area contributed by atoms with Crippen LogP contribution in [0.5, 0.6) is 0 Å². The van der Waals surface area contributed by atoms with Gasteiger partial charge in [0, 0.05) is 5.69 Å². The number of hydrogen-bond donors (Lipinski definition) is 1. The lowest BCUT2D eigenvalue weighted by Crippen LogP contribution is -2.46. The molecule has 0 aromatic heterocycles. The van der Waals surface area contributed by atoms with Gasteiger partial charge in [-0.1, -0.05) is 45.2 Å². The summed E-state index contributed by atoms with van der Waals surface area (Å²) in [5.74, 6) is -2.96.